The largest absolute Gasteiger partial charge is 0.416 e. The molecule has 3 rings (SSSR count). The quantitative estimate of drug-likeness (QED) is 0.824. The Morgan fingerprint density at radius 1 is 1.00 bits per heavy atom. The van der Waals surface area contributed by atoms with E-state index in [0.29, 0.717) is 43.0 Å². The van der Waals surface area contributed by atoms with Gasteiger partial charge in [-0.15, -0.1) is 0 Å². The summed E-state index contributed by atoms with van der Waals surface area (Å²) in [7, 11) is 0. The lowest BCUT2D eigenvalue weighted by molar-refractivity contribution is -0.137. The van der Waals surface area contributed by atoms with Crippen LogP contribution in [-0.4, -0.2) is 37.0 Å². The van der Waals surface area contributed by atoms with Gasteiger partial charge in [0.2, 0.25) is 0 Å². The Morgan fingerprint density at radius 2 is 1.69 bits per heavy atom. The summed E-state index contributed by atoms with van der Waals surface area (Å²) in [6, 6.07) is 13.7. The molecular weight excluding hydrogens is 343 g/mol. The number of hydrogen-bond acceptors (Lipinski definition) is 3. The molecule has 26 heavy (non-hydrogen) atoms. The van der Waals surface area contributed by atoms with E-state index < -0.39 is 11.7 Å². The SMILES string of the molecule is N#Cc1cccc(C(=O)N2CCN(c3cccc(C(F)(F)F)c3)CC2)c1. The molecule has 1 heterocycles. The maximum atomic E-state index is 12.9. The molecule has 1 aliphatic rings. The van der Waals surface area contributed by atoms with E-state index in [1.807, 2.05) is 11.0 Å². The summed E-state index contributed by atoms with van der Waals surface area (Å²) in [5.41, 5.74) is 0.676. The van der Waals surface area contributed by atoms with Crippen LogP contribution in [0.5, 0.6) is 0 Å². The van der Waals surface area contributed by atoms with E-state index in [9.17, 15) is 18.0 Å². The Kier molecular flexibility index (Phi) is 4.85. The van der Waals surface area contributed by atoms with Crippen LogP contribution in [0.1, 0.15) is 21.5 Å². The molecule has 1 amide bonds. The molecule has 0 spiro atoms. The molecule has 0 N–H and O–H groups in total. The minimum atomic E-state index is -4.38. The fourth-order valence-electron chi connectivity index (χ4n) is 2.95. The first kappa shape index (κ1) is 17.8. The van der Waals surface area contributed by atoms with Crippen LogP contribution < -0.4 is 4.90 Å². The molecule has 0 radical (unpaired) electrons. The molecule has 0 unspecified atom stereocenters. The molecule has 1 aliphatic heterocycles. The first-order valence-electron chi connectivity index (χ1n) is 8.10. The molecule has 0 aliphatic carbocycles. The summed E-state index contributed by atoms with van der Waals surface area (Å²) in [4.78, 5) is 16.0. The third-order valence-corrected chi connectivity index (χ3v) is 4.34. The first-order chi connectivity index (χ1) is 12.4. The highest BCUT2D eigenvalue weighted by Gasteiger charge is 2.31. The number of rotatable bonds is 2. The lowest BCUT2D eigenvalue weighted by Gasteiger charge is -2.36. The standard InChI is InChI=1S/C19H16F3N3O/c20-19(21,22)16-5-2-6-17(12-16)24-7-9-25(10-8-24)18(26)15-4-1-3-14(11-15)13-23/h1-6,11-12H,7-10H2. The van der Waals surface area contributed by atoms with Crippen molar-refractivity contribution in [3.8, 4) is 6.07 Å². The molecule has 0 atom stereocenters. The number of amides is 1. The van der Waals surface area contributed by atoms with E-state index in [1.165, 1.54) is 6.07 Å². The molecule has 4 nitrogen and oxygen atoms in total. The highest BCUT2D eigenvalue weighted by molar-refractivity contribution is 5.94. The van der Waals surface area contributed by atoms with Crippen molar-refractivity contribution >= 4 is 11.6 Å². The molecule has 2 aromatic rings. The second-order valence-electron chi connectivity index (χ2n) is 6.02. The average molecular weight is 359 g/mol. The van der Waals surface area contributed by atoms with E-state index in [2.05, 4.69) is 0 Å². The number of hydrogen-bond donors (Lipinski definition) is 0. The second kappa shape index (κ2) is 7.08. The van der Waals surface area contributed by atoms with Gasteiger partial charge in [-0.05, 0) is 36.4 Å². The lowest BCUT2D eigenvalue weighted by Crippen LogP contribution is -2.48. The zero-order valence-electron chi connectivity index (χ0n) is 13.8. The summed E-state index contributed by atoms with van der Waals surface area (Å²) in [6.45, 7) is 1.72. The molecule has 2 aromatic carbocycles. The highest BCUT2D eigenvalue weighted by Crippen LogP contribution is 2.31. The Morgan fingerprint density at radius 3 is 2.35 bits per heavy atom. The van der Waals surface area contributed by atoms with Gasteiger partial charge in [-0.3, -0.25) is 4.79 Å². The minimum Gasteiger partial charge on any atom is -0.368 e. The van der Waals surface area contributed by atoms with E-state index in [0.717, 1.165) is 12.1 Å². The van der Waals surface area contributed by atoms with Gasteiger partial charge in [0.25, 0.3) is 5.91 Å². The van der Waals surface area contributed by atoms with Crippen LogP contribution in [0.15, 0.2) is 48.5 Å². The second-order valence-corrected chi connectivity index (χ2v) is 6.02. The summed E-state index contributed by atoms with van der Waals surface area (Å²) >= 11 is 0. The van der Waals surface area contributed by atoms with Gasteiger partial charge in [-0.1, -0.05) is 12.1 Å². The zero-order valence-corrected chi connectivity index (χ0v) is 13.8. The summed E-state index contributed by atoms with van der Waals surface area (Å²) < 4.78 is 38.6. The number of carbonyl (C=O) groups excluding carboxylic acids is 1. The molecular formula is C19H16F3N3O. The van der Waals surface area contributed by atoms with E-state index >= 15 is 0 Å². The first-order valence-corrected chi connectivity index (χ1v) is 8.10. The van der Waals surface area contributed by atoms with Crippen molar-refractivity contribution in [2.24, 2.45) is 0 Å². The van der Waals surface area contributed by atoms with E-state index in [-0.39, 0.29) is 5.91 Å². The van der Waals surface area contributed by atoms with E-state index in [4.69, 9.17) is 5.26 Å². The molecule has 7 heteroatoms. The summed E-state index contributed by atoms with van der Waals surface area (Å²) in [6.07, 6.45) is -4.38. The Balaban J connectivity index is 1.68. The molecule has 0 bridgehead atoms. The number of nitrogens with zero attached hydrogens (tertiary/aromatic N) is 3. The van der Waals surface area contributed by atoms with Gasteiger partial charge in [0.1, 0.15) is 0 Å². The van der Waals surface area contributed by atoms with Gasteiger partial charge in [0.15, 0.2) is 0 Å². The monoisotopic (exact) mass is 359 g/mol. The summed E-state index contributed by atoms with van der Waals surface area (Å²) in [5, 5.41) is 8.93. The Labute approximate surface area is 149 Å². The minimum absolute atomic E-state index is 0.175. The van der Waals surface area contributed by atoms with Crippen molar-refractivity contribution in [1.29, 1.82) is 5.26 Å². The Hall–Kier alpha value is -3.01. The number of benzene rings is 2. The lowest BCUT2D eigenvalue weighted by atomic mass is 10.1. The number of anilines is 1. The number of alkyl halides is 3. The third kappa shape index (κ3) is 3.80. The highest BCUT2D eigenvalue weighted by atomic mass is 19.4. The van der Waals surface area contributed by atoms with Crippen molar-refractivity contribution in [1.82, 2.24) is 4.90 Å². The van der Waals surface area contributed by atoms with Crippen LogP contribution in [0, 0.1) is 11.3 Å². The van der Waals surface area contributed by atoms with Gasteiger partial charge in [-0.25, -0.2) is 0 Å². The Bertz CT molecular complexity index is 850. The van der Waals surface area contributed by atoms with Crippen LogP contribution in [0.2, 0.25) is 0 Å². The molecule has 0 saturated carbocycles. The van der Waals surface area contributed by atoms with Crippen LogP contribution in [0.3, 0.4) is 0 Å². The van der Waals surface area contributed by atoms with Crippen molar-refractivity contribution in [3.63, 3.8) is 0 Å². The van der Waals surface area contributed by atoms with E-state index in [1.54, 1.807) is 35.2 Å². The molecule has 1 saturated heterocycles. The van der Waals surface area contributed by atoms with Crippen molar-refractivity contribution in [3.05, 3.63) is 65.2 Å². The van der Waals surface area contributed by atoms with Gasteiger partial charge in [0, 0.05) is 37.4 Å². The normalized spacial score (nSPS) is 14.8. The molecule has 1 fully saturated rings. The third-order valence-electron chi connectivity index (χ3n) is 4.34. The predicted molar refractivity (Wildman–Crippen MR) is 90.7 cm³/mol. The number of piperazine rings is 1. The van der Waals surface area contributed by atoms with Crippen LogP contribution >= 0.6 is 0 Å². The number of nitriles is 1. The van der Waals surface area contributed by atoms with Crippen molar-refractivity contribution < 1.29 is 18.0 Å². The average Bonchev–Trinajstić information content (AvgIpc) is 2.67. The number of halogens is 3. The zero-order chi connectivity index (χ0) is 18.7. The van der Waals surface area contributed by atoms with Crippen LogP contribution in [0.25, 0.3) is 0 Å². The van der Waals surface area contributed by atoms with Crippen LogP contribution in [0.4, 0.5) is 18.9 Å². The maximum absolute atomic E-state index is 12.9. The topological polar surface area (TPSA) is 47.3 Å². The number of carbonyl (C=O) groups is 1. The maximum Gasteiger partial charge on any atom is 0.416 e. The summed E-state index contributed by atoms with van der Waals surface area (Å²) in [5.74, 6) is -0.175. The van der Waals surface area contributed by atoms with Gasteiger partial charge in [0.05, 0.1) is 17.2 Å². The fourth-order valence-corrected chi connectivity index (χ4v) is 2.95. The van der Waals surface area contributed by atoms with Gasteiger partial charge in [-0.2, -0.15) is 18.4 Å². The van der Waals surface area contributed by atoms with Gasteiger partial charge < -0.3 is 9.80 Å². The predicted octanol–water partition coefficient (Wildman–Crippen LogP) is 3.54. The molecule has 134 valence electrons. The smallest absolute Gasteiger partial charge is 0.368 e. The van der Waals surface area contributed by atoms with Crippen molar-refractivity contribution in [2.75, 3.05) is 31.1 Å². The molecule has 0 aromatic heterocycles. The van der Waals surface area contributed by atoms with Gasteiger partial charge >= 0.3 is 6.18 Å². The van der Waals surface area contributed by atoms with Crippen molar-refractivity contribution in [2.45, 2.75) is 6.18 Å². The fraction of sp³-hybridized carbons (Fsp3) is 0.263. The van der Waals surface area contributed by atoms with Crippen LogP contribution in [-0.2, 0) is 6.18 Å².